The number of halogens is 1. The smallest absolute Gasteiger partial charge is 0.293 e. The van der Waals surface area contributed by atoms with Gasteiger partial charge in [0.05, 0.1) is 16.7 Å². The fraction of sp³-hybridized carbons (Fsp3) is 0.333. The zero-order valence-electron chi connectivity index (χ0n) is 9.09. The molecule has 1 saturated heterocycles. The van der Waals surface area contributed by atoms with Crippen molar-refractivity contribution in [3.63, 3.8) is 0 Å². The zero-order chi connectivity index (χ0) is 13.3. The molecule has 0 radical (unpaired) electrons. The maximum Gasteiger partial charge on any atom is 0.293 e. The number of nitro benzene ring substituents is 1. The van der Waals surface area contributed by atoms with Gasteiger partial charge in [-0.2, -0.15) is 0 Å². The van der Waals surface area contributed by atoms with Crippen LogP contribution in [0.15, 0.2) is 18.2 Å². The number of nitrogens with one attached hydrogen (secondary N) is 2. The van der Waals surface area contributed by atoms with E-state index >= 15 is 0 Å². The van der Waals surface area contributed by atoms with E-state index in [1.54, 1.807) is 0 Å². The third-order valence-electron chi connectivity index (χ3n) is 2.49. The number of hydrogen-bond donors (Lipinski definition) is 2. The highest BCUT2D eigenvalue weighted by Gasteiger charge is 2.28. The van der Waals surface area contributed by atoms with Crippen LogP contribution in [0.3, 0.4) is 0 Å². The van der Waals surface area contributed by atoms with E-state index in [1.165, 1.54) is 18.2 Å². The largest absolute Gasteiger partial charge is 0.374 e. The number of sulfonamides is 1. The van der Waals surface area contributed by atoms with Crippen LogP contribution < -0.4 is 10.0 Å². The molecule has 0 aromatic heterocycles. The summed E-state index contributed by atoms with van der Waals surface area (Å²) in [6, 6.07) is 3.80. The first kappa shape index (κ1) is 13.1. The minimum atomic E-state index is -3.27. The SMILES string of the molecule is O=[N+]([O-])c1cc(Cl)ccc1N[C@@H]1CNS(=O)(=O)C1. The van der Waals surface area contributed by atoms with Crippen LogP contribution in [0.1, 0.15) is 0 Å². The second-order valence-electron chi connectivity index (χ2n) is 3.89. The fourth-order valence-corrected chi connectivity index (χ4v) is 3.17. The van der Waals surface area contributed by atoms with Crippen molar-refractivity contribution in [2.75, 3.05) is 17.6 Å². The monoisotopic (exact) mass is 291 g/mol. The van der Waals surface area contributed by atoms with Gasteiger partial charge in [0.25, 0.3) is 5.69 Å². The number of rotatable bonds is 3. The second-order valence-corrected chi connectivity index (χ2v) is 6.18. The molecular formula is C9H10ClN3O4S. The Morgan fingerprint density at radius 1 is 1.50 bits per heavy atom. The van der Waals surface area contributed by atoms with Crippen molar-refractivity contribution in [2.24, 2.45) is 0 Å². The Morgan fingerprint density at radius 2 is 2.22 bits per heavy atom. The van der Waals surface area contributed by atoms with Crippen molar-refractivity contribution < 1.29 is 13.3 Å². The molecular weight excluding hydrogens is 282 g/mol. The van der Waals surface area contributed by atoms with Gasteiger partial charge < -0.3 is 5.32 Å². The first-order valence-electron chi connectivity index (χ1n) is 5.05. The van der Waals surface area contributed by atoms with Crippen LogP contribution in [0.5, 0.6) is 0 Å². The van der Waals surface area contributed by atoms with Gasteiger partial charge in [-0.1, -0.05) is 11.6 Å². The Morgan fingerprint density at radius 3 is 2.78 bits per heavy atom. The molecule has 0 saturated carbocycles. The van der Waals surface area contributed by atoms with Crippen LogP contribution in [-0.4, -0.2) is 31.7 Å². The molecule has 0 bridgehead atoms. The average Bonchev–Trinajstić information content (AvgIpc) is 2.60. The highest BCUT2D eigenvalue weighted by atomic mass is 35.5. The molecule has 2 N–H and O–H groups in total. The van der Waals surface area contributed by atoms with Crippen molar-refractivity contribution >= 4 is 33.0 Å². The maximum atomic E-state index is 11.2. The summed E-state index contributed by atoms with van der Waals surface area (Å²) in [5.41, 5.74) is 0.0834. The minimum Gasteiger partial charge on any atom is -0.374 e. The lowest BCUT2D eigenvalue weighted by molar-refractivity contribution is -0.384. The molecule has 7 nitrogen and oxygen atoms in total. The molecule has 0 amide bonds. The van der Waals surface area contributed by atoms with E-state index in [2.05, 4.69) is 10.0 Å². The molecule has 1 aromatic carbocycles. The van der Waals surface area contributed by atoms with Gasteiger partial charge in [0.1, 0.15) is 5.69 Å². The van der Waals surface area contributed by atoms with E-state index < -0.39 is 21.0 Å². The molecule has 1 heterocycles. The minimum absolute atomic E-state index is 0.104. The van der Waals surface area contributed by atoms with Gasteiger partial charge in [-0.15, -0.1) is 0 Å². The van der Waals surface area contributed by atoms with E-state index in [4.69, 9.17) is 11.6 Å². The molecule has 0 spiro atoms. The van der Waals surface area contributed by atoms with Crippen molar-refractivity contribution in [3.8, 4) is 0 Å². The summed E-state index contributed by atoms with van der Waals surface area (Å²) in [7, 11) is -3.27. The number of benzene rings is 1. The summed E-state index contributed by atoms with van der Waals surface area (Å²) in [6.45, 7) is 0.210. The van der Waals surface area contributed by atoms with Gasteiger partial charge in [0, 0.05) is 17.6 Å². The van der Waals surface area contributed by atoms with E-state index in [0.717, 1.165) is 0 Å². The van der Waals surface area contributed by atoms with Crippen LogP contribution in [0, 0.1) is 10.1 Å². The van der Waals surface area contributed by atoms with Gasteiger partial charge in [0.15, 0.2) is 0 Å². The Kier molecular flexibility index (Phi) is 3.42. The summed E-state index contributed by atoms with van der Waals surface area (Å²) >= 11 is 5.68. The number of nitrogens with zero attached hydrogens (tertiary/aromatic N) is 1. The number of hydrogen-bond acceptors (Lipinski definition) is 5. The highest BCUT2D eigenvalue weighted by Crippen LogP contribution is 2.28. The van der Waals surface area contributed by atoms with Crippen LogP contribution in [0.25, 0.3) is 0 Å². The van der Waals surface area contributed by atoms with Crippen molar-refractivity contribution in [2.45, 2.75) is 6.04 Å². The lowest BCUT2D eigenvalue weighted by atomic mass is 10.2. The molecule has 0 aliphatic carbocycles. The Bertz CT molecular complexity index is 589. The van der Waals surface area contributed by atoms with E-state index in [1.807, 2.05) is 0 Å². The van der Waals surface area contributed by atoms with E-state index in [9.17, 15) is 18.5 Å². The van der Waals surface area contributed by atoms with Crippen LogP contribution in [0.4, 0.5) is 11.4 Å². The quantitative estimate of drug-likeness (QED) is 0.638. The molecule has 1 aliphatic rings. The lowest BCUT2D eigenvalue weighted by Gasteiger charge is -2.11. The van der Waals surface area contributed by atoms with Gasteiger partial charge in [-0.05, 0) is 12.1 Å². The first-order chi connectivity index (χ1) is 8.37. The summed E-state index contributed by atoms with van der Waals surface area (Å²) in [5, 5.41) is 13.9. The standard InChI is InChI=1S/C9H10ClN3O4S/c10-6-1-2-8(9(3-6)13(14)15)12-7-4-11-18(16,17)5-7/h1-3,7,11-12H,4-5H2/t7-/m1/s1. The van der Waals surface area contributed by atoms with Gasteiger partial charge in [-0.3, -0.25) is 10.1 Å². The van der Waals surface area contributed by atoms with Crippen molar-refractivity contribution in [1.29, 1.82) is 0 Å². The fourth-order valence-electron chi connectivity index (χ4n) is 1.70. The van der Waals surface area contributed by atoms with Gasteiger partial charge >= 0.3 is 0 Å². The third kappa shape index (κ3) is 2.89. The molecule has 98 valence electrons. The van der Waals surface area contributed by atoms with Gasteiger partial charge in [-0.25, -0.2) is 13.1 Å². The van der Waals surface area contributed by atoms with Crippen LogP contribution in [0.2, 0.25) is 5.02 Å². The molecule has 18 heavy (non-hydrogen) atoms. The molecule has 1 fully saturated rings. The highest BCUT2D eigenvalue weighted by molar-refractivity contribution is 7.89. The molecule has 2 rings (SSSR count). The summed E-state index contributed by atoms with van der Waals surface area (Å²) in [4.78, 5) is 10.3. The van der Waals surface area contributed by atoms with Crippen molar-refractivity contribution in [1.82, 2.24) is 4.72 Å². The van der Waals surface area contributed by atoms with Gasteiger partial charge in [0.2, 0.25) is 10.0 Å². The lowest BCUT2D eigenvalue weighted by Crippen LogP contribution is -2.24. The summed E-state index contributed by atoms with van der Waals surface area (Å²) < 4.78 is 24.7. The Balaban J connectivity index is 2.22. The topological polar surface area (TPSA) is 101 Å². The van der Waals surface area contributed by atoms with Crippen molar-refractivity contribution in [3.05, 3.63) is 33.3 Å². The summed E-state index contributed by atoms with van der Waals surface area (Å²) in [6.07, 6.45) is 0. The number of anilines is 1. The number of nitro groups is 1. The Hall–Kier alpha value is -1.38. The molecule has 1 aliphatic heterocycles. The third-order valence-corrected chi connectivity index (χ3v) is 4.17. The maximum absolute atomic E-state index is 11.2. The normalized spacial score (nSPS) is 21.7. The first-order valence-corrected chi connectivity index (χ1v) is 7.08. The second kappa shape index (κ2) is 4.71. The predicted molar refractivity (Wildman–Crippen MR) is 67.3 cm³/mol. The van der Waals surface area contributed by atoms with Crippen LogP contribution >= 0.6 is 11.6 Å². The predicted octanol–water partition coefficient (Wildman–Crippen LogP) is 0.962. The van der Waals surface area contributed by atoms with E-state index in [0.29, 0.717) is 0 Å². The molecule has 9 heteroatoms. The molecule has 0 unspecified atom stereocenters. The van der Waals surface area contributed by atoms with E-state index in [-0.39, 0.29) is 28.7 Å². The molecule has 1 aromatic rings. The average molecular weight is 292 g/mol. The zero-order valence-corrected chi connectivity index (χ0v) is 10.7. The van der Waals surface area contributed by atoms with Crippen LogP contribution in [-0.2, 0) is 10.0 Å². The molecule has 1 atom stereocenters. The summed E-state index contributed by atoms with van der Waals surface area (Å²) in [5.74, 6) is -0.104. The Labute approximate surface area is 108 Å².